The van der Waals surface area contributed by atoms with Crippen LogP contribution in [0.1, 0.15) is 64.0 Å². The van der Waals surface area contributed by atoms with Gasteiger partial charge in [0, 0.05) is 7.11 Å². The Labute approximate surface area is 122 Å². The monoisotopic (exact) mass is 279 g/mol. The molecule has 0 amide bonds. The van der Waals surface area contributed by atoms with Crippen LogP contribution in [0.5, 0.6) is 0 Å². The van der Waals surface area contributed by atoms with E-state index < -0.39 is 0 Å². The molecular formula is C17H29NO2. The Morgan fingerprint density at radius 1 is 1.25 bits per heavy atom. The average molecular weight is 279 g/mol. The molecule has 2 N–H and O–H groups in total. The first-order valence-corrected chi connectivity index (χ1v) is 7.75. The molecule has 1 aromatic heterocycles. The van der Waals surface area contributed by atoms with Crippen LogP contribution in [0.15, 0.2) is 16.5 Å². The highest BCUT2D eigenvalue weighted by atomic mass is 16.5. The summed E-state index contributed by atoms with van der Waals surface area (Å²) in [6.07, 6.45) is 4.99. The predicted molar refractivity (Wildman–Crippen MR) is 81.3 cm³/mol. The fraction of sp³-hybridized carbons (Fsp3) is 0.765. The molecule has 0 saturated heterocycles. The van der Waals surface area contributed by atoms with E-state index in [1.54, 1.807) is 7.11 Å². The van der Waals surface area contributed by atoms with Crippen molar-refractivity contribution in [1.29, 1.82) is 0 Å². The lowest BCUT2D eigenvalue weighted by Crippen LogP contribution is -2.30. The smallest absolute Gasteiger partial charge is 0.129 e. The Hall–Kier alpha value is -0.800. The number of hydrogen-bond donors (Lipinski definition) is 1. The minimum absolute atomic E-state index is 0.0292. The van der Waals surface area contributed by atoms with E-state index in [0.29, 0.717) is 17.9 Å². The lowest BCUT2D eigenvalue weighted by Gasteiger charge is -2.38. The molecule has 1 saturated carbocycles. The quantitative estimate of drug-likeness (QED) is 0.895. The highest BCUT2D eigenvalue weighted by molar-refractivity contribution is 5.11. The maximum Gasteiger partial charge on any atom is 0.129 e. The molecule has 0 radical (unpaired) electrons. The van der Waals surface area contributed by atoms with Gasteiger partial charge in [0.2, 0.25) is 0 Å². The van der Waals surface area contributed by atoms with Crippen molar-refractivity contribution >= 4 is 0 Å². The summed E-state index contributed by atoms with van der Waals surface area (Å²) in [5.41, 5.74) is 6.82. The Balaban J connectivity index is 1.92. The first kappa shape index (κ1) is 15.6. The molecule has 114 valence electrons. The number of furan rings is 1. The van der Waals surface area contributed by atoms with E-state index in [4.69, 9.17) is 14.9 Å². The molecule has 0 bridgehead atoms. The van der Waals surface area contributed by atoms with Crippen molar-refractivity contribution in [3.05, 3.63) is 23.7 Å². The van der Waals surface area contributed by atoms with E-state index >= 15 is 0 Å². The van der Waals surface area contributed by atoms with E-state index in [0.717, 1.165) is 17.4 Å². The van der Waals surface area contributed by atoms with Crippen LogP contribution in [0.3, 0.4) is 0 Å². The van der Waals surface area contributed by atoms with Gasteiger partial charge in [-0.3, -0.25) is 0 Å². The fourth-order valence-corrected chi connectivity index (χ4v) is 3.37. The number of methoxy groups -OCH3 is 1. The van der Waals surface area contributed by atoms with Crippen LogP contribution in [0.25, 0.3) is 0 Å². The third kappa shape index (κ3) is 3.64. The van der Waals surface area contributed by atoms with Gasteiger partial charge >= 0.3 is 0 Å². The summed E-state index contributed by atoms with van der Waals surface area (Å²) in [4.78, 5) is 0. The molecule has 1 aromatic rings. The second-order valence-corrected chi connectivity index (χ2v) is 7.24. The Morgan fingerprint density at radius 3 is 2.45 bits per heavy atom. The number of hydrogen-bond acceptors (Lipinski definition) is 3. The zero-order valence-corrected chi connectivity index (χ0v) is 13.3. The Kier molecular flexibility index (Phi) is 4.92. The van der Waals surface area contributed by atoms with Gasteiger partial charge in [-0.25, -0.2) is 0 Å². The Morgan fingerprint density at radius 2 is 1.90 bits per heavy atom. The molecule has 3 heteroatoms. The van der Waals surface area contributed by atoms with Gasteiger partial charge in [-0.2, -0.15) is 0 Å². The van der Waals surface area contributed by atoms with Crippen LogP contribution in [0.2, 0.25) is 0 Å². The van der Waals surface area contributed by atoms with Crippen molar-refractivity contribution in [3.8, 4) is 0 Å². The predicted octanol–water partition coefficient (Wildman–Crippen LogP) is 4.28. The molecule has 1 aliphatic carbocycles. The van der Waals surface area contributed by atoms with E-state index in [2.05, 4.69) is 20.8 Å². The first-order valence-electron chi connectivity index (χ1n) is 7.75. The van der Waals surface area contributed by atoms with Crippen molar-refractivity contribution in [3.63, 3.8) is 0 Å². The minimum atomic E-state index is 0.0292. The maximum atomic E-state index is 6.40. The standard InChI is InChI=1S/C17H29NO2/c1-17(2,3)13-7-5-12(6-8-13)16(18)15-10-9-14(20-15)11-19-4/h9-10,12-13,16H,5-8,11,18H2,1-4H3. The number of nitrogens with two attached hydrogens (primary N) is 1. The van der Waals surface area contributed by atoms with Crippen LogP contribution in [-0.4, -0.2) is 7.11 Å². The molecule has 3 nitrogen and oxygen atoms in total. The summed E-state index contributed by atoms with van der Waals surface area (Å²) in [5.74, 6) is 3.15. The van der Waals surface area contributed by atoms with E-state index in [-0.39, 0.29) is 6.04 Å². The van der Waals surface area contributed by atoms with Crippen LogP contribution < -0.4 is 5.73 Å². The first-order chi connectivity index (χ1) is 9.41. The molecule has 0 aliphatic heterocycles. The lowest BCUT2D eigenvalue weighted by molar-refractivity contribution is 0.132. The van der Waals surface area contributed by atoms with Gasteiger partial charge in [-0.05, 0) is 55.1 Å². The van der Waals surface area contributed by atoms with Crippen LogP contribution in [-0.2, 0) is 11.3 Å². The second-order valence-electron chi connectivity index (χ2n) is 7.24. The zero-order valence-electron chi connectivity index (χ0n) is 13.3. The zero-order chi connectivity index (χ0) is 14.8. The van der Waals surface area contributed by atoms with Gasteiger partial charge in [0.15, 0.2) is 0 Å². The SMILES string of the molecule is COCc1ccc(C(N)C2CCC(C(C)(C)C)CC2)o1. The highest BCUT2D eigenvalue weighted by Gasteiger charge is 2.33. The van der Waals surface area contributed by atoms with E-state index in [9.17, 15) is 0 Å². The Bertz CT molecular complexity index is 411. The molecule has 1 heterocycles. The molecule has 1 fully saturated rings. The summed E-state index contributed by atoms with van der Waals surface area (Å²) >= 11 is 0. The van der Waals surface area contributed by atoms with Gasteiger partial charge in [0.25, 0.3) is 0 Å². The van der Waals surface area contributed by atoms with Crippen LogP contribution >= 0.6 is 0 Å². The minimum Gasteiger partial charge on any atom is -0.462 e. The maximum absolute atomic E-state index is 6.40. The largest absolute Gasteiger partial charge is 0.462 e. The number of rotatable bonds is 4. The summed E-state index contributed by atoms with van der Waals surface area (Å²) in [6.45, 7) is 7.56. The second kappa shape index (κ2) is 6.31. The molecule has 2 rings (SSSR count). The van der Waals surface area contributed by atoms with Gasteiger partial charge < -0.3 is 14.9 Å². The van der Waals surface area contributed by atoms with Gasteiger partial charge in [0.05, 0.1) is 6.04 Å². The van der Waals surface area contributed by atoms with E-state index in [1.807, 2.05) is 12.1 Å². The molecule has 20 heavy (non-hydrogen) atoms. The van der Waals surface area contributed by atoms with E-state index in [1.165, 1.54) is 25.7 Å². The lowest BCUT2D eigenvalue weighted by atomic mass is 9.68. The van der Waals surface area contributed by atoms with Crippen molar-refractivity contribution in [2.75, 3.05) is 7.11 Å². The molecule has 1 unspecified atom stereocenters. The van der Waals surface area contributed by atoms with Crippen molar-refractivity contribution in [2.45, 2.75) is 59.1 Å². The molecule has 1 aliphatic rings. The third-order valence-electron chi connectivity index (χ3n) is 4.80. The molecule has 1 atom stereocenters. The summed E-state index contributed by atoms with van der Waals surface area (Å²) in [6, 6.07) is 4.01. The molecule has 0 spiro atoms. The van der Waals surface area contributed by atoms with Gasteiger partial charge in [0.1, 0.15) is 18.1 Å². The van der Waals surface area contributed by atoms with Crippen molar-refractivity contribution in [1.82, 2.24) is 0 Å². The van der Waals surface area contributed by atoms with Gasteiger partial charge in [-0.15, -0.1) is 0 Å². The van der Waals surface area contributed by atoms with Crippen LogP contribution in [0, 0.1) is 17.3 Å². The van der Waals surface area contributed by atoms with Crippen molar-refractivity contribution < 1.29 is 9.15 Å². The van der Waals surface area contributed by atoms with Gasteiger partial charge in [-0.1, -0.05) is 20.8 Å². The van der Waals surface area contributed by atoms with Crippen molar-refractivity contribution in [2.24, 2.45) is 23.0 Å². The number of ether oxygens (including phenoxy) is 1. The highest BCUT2D eigenvalue weighted by Crippen LogP contribution is 2.42. The third-order valence-corrected chi connectivity index (χ3v) is 4.80. The topological polar surface area (TPSA) is 48.4 Å². The fourth-order valence-electron chi connectivity index (χ4n) is 3.37. The summed E-state index contributed by atoms with van der Waals surface area (Å²) < 4.78 is 10.9. The summed E-state index contributed by atoms with van der Waals surface area (Å²) in [5, 5.41) is 0. The summed E-state index contributed by atoms with van der Waals surface area (Å²) in [7, 11) is 1.68. The molecular weight excluding hydrogens is 250 g/mol. The normalized spacial score (nSPS) is 25.6. The van der Waals surface area contributed by atoms with Crippen LogP contribution in [0.4, 0.5) is 0 Å². The molecule has 0 aromatic carbocycles. The average Bonchev–Trinajstić information content (AvgIpc) is 2.86.